The summed E-state index contributed by atoms with van der Waals surface area (Å²) in [5, 5.41) is 13.7. The number of unbranched alkanes of at least 4 members (excludes halogenated alkanes) is 1. The fourth-order valence-corrected chi connectivity index (χ4v) is 6.37. The average Bonchev–Trinajstić information content (AvgIpc) is 3.37. The zero-order valence-electron chi connectivity index (χ0n) is 22.2. The highest BCUT2D eigenvalue weighted by atomic mass is 16.5. The van der Waals surface area contributed by atoms with Gasteiger partial charge in [-0.1, -0.05) is 31.2 Å². The first kappa shape index (κ1) is 26.1. The molecular weight excluding hydrogens is 466 g/mol. The van der Waals surface area contributed by atoms with Crippen LogP contribution in [-0.4, -0.2) is 59.9 Å². The van der Waals surface area contributed by atoms with E-state index in [1.165, 1.54) is 12.0 Å². The Morgan fingerprint density at radius 1 is 1.24 bits per heavy atom. The number of aliphatic carboxylic acids is 1. The topological polar surface area (TPSA) is 83.9 Å². The Hall–Kier alpha value is -2.48. The molecule has 0 unspecified atom stereocenters. The van der Waals surface area contributed by atoms with Gasteiger partial charge in [-0.05, 0) is 86.7 Å². The molecule has 200 valence electrons. The molecule has 2 aliphatic heterocycles. The molecule has 3 aliphatic rings. The molecule has 2 N–H and O–H groups in total. The van der Waals surface area contributed by atoms with Crippen LogP contribution in [0.15, 0.2) is 30.3 Å². The zero-order valence-corrected chi connectivity index (χ0v) is 22.2. The number of rotatable bonds is 10. The number of fused-ring (bicyclic) bond motifs is 2. The molecule has 0 radical (unpaired) electrons. The molecule has 1 fully saturated rings. The van der Waals surface area contributed by atoms with E-state index in [-0.39, 0.29) is 18.1 Å². The van der Waals surface area contributed by atoms with Gasteiger partial charge in [-0.2, -0.15) is 0 Å². The number of hydrogen-bond acceptors (Lipinski definition) is 6. The number of aromatic nitrogens is 1. The van der Waals surface area contributed by atoms with Crippen molar-refractivity contribution >= 4 is 11.8 Å². The molecule has 5 rings (SSSR count). The Kier molecular flexibility index (Phi) is 8.43. The van der Waals surface area contributed by atoms with E-state index in [4.69, 9.17) is 14.5 Å². The second kappa shape index (κ2) is 11.9. The highest BCUT2D eigenvalue weighted by molar-refractivity contribution is 5.76. The first-order valence-electron chi connectivity index (χ1n) is 14.0. The molecule has 37 heavy (non-hydrogen) atoms. The lowest BCUT2D eigenvalue weighted by Crippen LogP contribution is -2.39. The maximum atomic E-state index is 12.5. The molecule has 4 atom stereocenters. The van der Waals surface area contributed by atoms with E-state index in [1.54, 1.807) is 0 Å². The molecule has 1 saturated carbocycles. The Labute approximate surface area is 220 Å². The minimum atomic E-state index is -0.787. The summed E-state index contributed by atoms with van der Waals surface area (Å²) in [6.07, 6.45) is 8.37. The van der Waals surface area contributed by atoms with Crippen molar-refractivity contribution in [1.29, 1.82) is 0 Å². The lowest BCUT2D eigenvalue weighted by Gasteiger charge is -2.34. The van der Waals surface area contributed by atoms with Gasteiger partial charge in [-0.3, -0.25) is 9.69 Å². The highest BCUT2D eigenvalue weighted by Crippen LogP contribution is 2.37. The van der Waals surface area contributed by atoms with E-state index < -0.39 is 12.0 Å². The fraction of sp³-hybridized carbons (Fsp3) is 0.600. The van der Waals surface area contributed by atoms with Crippen LogP contribution in [-0.2, 0) is 33.7 Å². The second-order valence-electron chi connectivity index (χ2n) is 11.0. The number of anilines is 1. The van der Waals surface area contributed by atoms with Gasteiger partial charge in [0.2, 0.25) is 0 Å². The van der Waals surface area contributed by atoms with Crippen molar-refractivity contribution in [2.75, 3.05) is 32.1 Å². The van der Waals surface area contributed by atoms with Crippen molar-refractivity contribution in [1.82, 2.24) is 9.88 Å². The van der Waals surface area contributed by atoms with Gasteiger partial charge in [-0.25, -0.2) is 4.98 Å². The average molecular weight is 508 g/mol. The normalized spacial score (nSPS) is 23.8. The standard InChI is InChI=1S/C30H41N3O4/c1-20-18-36-19-22-7-5-10-26(27(20)22)28(30(34)35)33(2)24-13-14-25(17-24)37-16-4-3-9-23-12-11-21-8-6-15-31-29(21)32-23/h5,7,10-12,20,24-25,28H,3-4,6,8-9,13-19H2,1-2H3,(H,31,32)(H,34,35)/t20-,24+,25+,28+/m1/s1. The summed E-state index contributed by atoms with van der Waals surface area (Å²) < 4.78 is 11.9. The van der Waals surface area contributed by atoms with Crippen molar-refractivity contribution in [2.45, 2.75) is 89.0 Å². The van der Waals surface area contributed by atoms with Gasteiger partial charge < -0.3 is 19.9 Å². The molecule has 3 heterocycles. The van der Waals surface area contributed by atoms with Gasteiger partial charge in [0.15, 0.2) is 0 Å². The van der Waals surface area contributed by atoms with Crippen molar-refractivity contribution in [2.24, 2.45) is 0 Å². The van der Waals surface area contributed by atoms with Gasteiger partial charge in [0, 0.05) is 30.8 Å². The molecule has 2 aromatic rings. The third-order valence-corrected chi connectivity index (χ3v) is 8.35. The number of likely N-dealkylation sites (N-methyl/N-ethyl adjacent to an activating group) is 1. The third-order valence-electron chi connectivity index (χ3n) is 8.35. The lowest BCUT2D eigenvalue weighted by atomic mass is 9.86. The first-order valence-corrected chi connectivity index (χ1v) is 14.0. The van der Waals surface area contributed by atoms with Crippen LogP contribution in [0.25, 0.3) is 0 Å². The zero-order chi connectivity index (χ0) is 25.8. The summed E-state index contributed by atoms with van der Waals surface area (Å²) in [5.41, 5.74) is 5.67. The monoisotopic (exact) mass is 507 g/mol. The van der Waals surface area contributed by atoms with Crippen LogP contribution in [0.4, 0.5) is 5.82 Å². The number of nitrogens with one attached hydrogen (secondary N) is 1. The number of ether oxygens (including phenoxy) is 2. The van der Waals surface area contributed by atoms with Crippen molar-refractivity contribution in [3.63, 3.8) is 0 Å². The summed E-state index contributed by atoms with van der Waals surface area (Å²) in [6.45, 7) is 5.08. The van der Waals surface area contributed by atoms with Gasteiger partial charge in [0.1, 0.15) is 11.9 Å². The second-order valence-corrected chi connectivity index (χ2v) is 11.0. The van der Waals surface area contributed by atoms with Crippen molar-refractivity contribution in [3.8, 4) is 0 Å². The molecule has 0 amide bonds. The van der Waals surface area contributed by atoms with Gasteiger partial charge in [0.25, 0.3) is 0 Å². The maximum Gasteiger partial charge on any atom is 0.325 e. The molecule has 7 heteroatoms. The number of pyridine rings is 1. The number of hydrogen-bond donors (Lipinski definition) is 2. The van der Waals surface area contributed by atoms with Crippen LogP contribution in [0, 0.1) is 0 Å². The van der Waals surface area contributed by atoms with Gasteiger partial charge in [-0.15, -0.1) is 0 Å². The van der Waals surface area contributed by atoms with Crippen LogP contribution >= 0.6 is 0 Å². The predicted molar refractivity (Wildman–Crippen MR) is 144 cm³/mol. The largest absolute Gasteiger partial charge is 0.480 e. The number of carbonyl (C=O) groups is 1. The Morgan fingerprint density at radius 3 is 3.00 bits per heavy atom. The van der Waals surface area contributed by atoms with Crippen LogP contribution in [0.2, 0.25) is 0 Å². The van der Waals surface area contributed by atoms with E-state index in [9.17, 15) is 9.90 Å². The SMILES string of the molecule is C[C@@H]1COCc2cccc([C@@H](C(=O)O)N(C)[C@H]3CC[C@H](OCCCCc4ccc5c(n4)NCCC5)C3)c21. The van der Waals surface area contributed by atoms with Crippen LogP contribution in [0.3, 0.4) is 0 Å². The minimum absolute atomic E-state index is 0.197. The van der Waals surface area contributed by atoms with E-state index >= 15 is 0 Å². The van der Waals surface area contributed by atoms with E-state index in [0.29, 0.717) is 13.2 Å². The van der Waals surface area contributed by atoms with E-state index in [1.807, 2.05) is 19.2 Å². The van der Waals surface area contributed by atoms with Gasteiger partial charge in [0.05, 0.1) is 19.3 Å². The smallest absolute Gasteiger partial charge is 0.325 e. The van der Waals surface area contributed by atoms with Crippen molar-refractivity contribution < 1.29 is 19.4 Å². The summed E-state index contributed by atoms with van der Waals surface area (Å²) >= 11 is 0. The van der Waals surface area contributed by atoms with Crippen LogP contribution in [0.1, 0.15) is 85.4 Å². The molecule has 0 bridgehead atoms. The molecule has 1 aromatic heterocycles. The number of nitrogens with zero attached hydrogens (tertiary/aromatic N) is 2. The summed E-state index contributed by atoms with van der Waals surface area (Å²) in [7, 11) is 1.97. The quantitative estimate of drug-likeness (QED) is 0.433. The molecule has 1 aromatic carbocycles. The summed E-state index contributed by atoms with van der Waals surface area (Å²) in [4.78, 5) is 19.4. The van der Waals surface area contributed by atoms with Crippen molar-refractivity contribution in [3.05, 3.63) is 58.3 Å². The number of carboxylic acid groups (broad SMARTS) is 1. The maximum absolute atomic E-state index is 12.5. The molecule has 0 saturated heterocycles. The molecule has 0 spiro atoms. The number of carboxylic acids is 1. The fourth-order valence-electron chi connectivity index (χ4n) is 6.37. The van der Waals surface area contributed by atoms with Crippen LogP contribution < -0.4 is 5.32 Å². The summed E-state index contributed by atoms with van der Waals surface area (Å²) in [6, 6.07) is 9.95. The third kappa shape index (κ3) is 6.00. The van der Waals surface area contributed by atoms with E-state index in [2.05, 4.69) is 35.3 Å². The summed E-state index contributed by atoms with van der Waals surface area (Å²) in [5.74, 6) is 0.479. The van der Waals surface area contributed by atoms with Crippen LogP contribution in [0.5, 0.6) is 0 Å². The number of aryl methyl sites for hydroxylation is 2. The molecule has 1 aliphatic carbocycles. The predicted octanol–water partition coefficient (Wildman–Crippen LogP) is 5.09. The molecular formula is C30H41N3O4. The highest BCUT2D eigenvalue weighted by Gasteiger charge is 2.37. The van der Waals surface area contributed by atoms with E-state index in [0.717, 1.165) is 86.3 Å². The minimum Gasteiger partial charge on any atom is -0.480 e. The van der Waals surface area contributed by atoms with Gasteiger partial charge >= 0.3 is 5.97 Å². The Balaban J connectivity index is 1.11. The lowest BCUT2D eigenvalue weighted by molar-refractivity contribution is -0.144. The number of benzene rings is 1. The Bertz CT molecular complexity index is 1090. The Morgan fingerprint density at radius 2 is 2.14 bits per heavy atom. The molecule has 7 nitrogen and oxygen atoms in total. The first-order chi connectivity index (χ1) is 18.0.